The monoisotopic (exact) mass is 382 g/mol. The number of aromatic nitrogens is 1. The molecule has 1 fully saturated rings. The summed E-state index contributed by atoms with van der Waals surface area (Å²) < 4.78 is 0. The number of nitrogens with zero attached hydrogens (tertiary/aromatic N) is 2. The highest BCUT2D eigenvalue weighted by molar-refractivity contribution is 6.30. The molecule has 1 aromatic heterocycles. The summed E-state index contributed by atoms with van der Waals surface area (Å²) in [7, 11) is 0. The number of hydrogen-bond acceptors (Lipinski definition) is 2. The molecule has 0 atom stereocenters. The molecule has 1 aliphatic heterocycles. The SMILES string of the molecule is O=C(Nc1ccc(Cl)cc1)N1CCN(C(=O)c2cc3ccccc3[nH]2)CC1. The number of aromatic amines is 1. The Kier molecular flexibility index (Phi) is 4.73. The predicted molar refractivity (Wildman–Crippen MR) is 106 cm³/mol. The number of carbonyl (C=O) groups is 2. The number of H-pyrrole nitrogens is 1. The lowest BCUT2D eigenvalue weighted by Gasteiger charge is -2.34. The van der Waals surface area contributed by atoms with E-state index < -0.39 is 0 Å². The lowest BCUT2D eigenvalue weighted by molar-refractivity contribution is 0.0667. The van der Waals surface area contributed by atoms with Gasteiger partial charge >= 0.3 is 6.03 Å². The van der Waals surface area contributed by atoms with E-state index in [0.717, 1.165) is 10.9 Å². The van der Waals surface area contributed by atoms with Crippen LogP contribution in [0.5, 0.6) is 0 Å². The van der Waals surface area contributed by atoms with Crippen molar-refractivity contribution in [2.24, 2.45) is 0 Å². The maximum Gasteiger partial charge on any atom is 0.321 e. The van der Waals surface area contributed by atoms with Gasteiger partial charge in [-0.15, -0.1) is 0 Å². The molecule has 6 nitrogen and oxygen atoms in total. The third-order valence-electron chi connectivity index (χ3n) is 4.71. The highest BCUT2D eigenvalue weighted by Crippen LogP contribution is 2.18. The van der Waals surface area contributed by atoms with E-state index in [1.165, 1.54) is 0 Å². The fraction of sp³-hybridized carbons (Fsp3) is 0.200. The Bertz CT molecular complexity index is 942. The minimum absolute atomic E-state index is 0.0380. The highest BCUT2D eigenvalue weighted by Gasteiger charge is 2.25. The number of rotatable bonds is 2. The second kappa shape index (κ2) is 7.32. The van der Waals surface area contributed by atoms with Gasteiger partial charge in [0, 0.05) is 47.8 Å². The number of fused-ring (bicyclic) bond motifs is 1. The average molecular weight is 383 g/mol. The topological polar surface area (TPSA) is 68.4 Å². The van der Waals surface area contributed by atoms with Gasteiger partial charge in [0.05, 0.1) is 0 Å². The molecule has 1 saturated heterocycles. The van der Waals surface area contributed by atoms with Gasteiger partial charge in [0.15, 0.2) is 0 Å². The van der Waals surface area contributed by atoms with Crippen LogP contribution in [-0.4, -0.2) is 52.9 Å². The third-order valence-corrected chi connectivity index (χ3v) is 4.96. The summed E-state index contributed by atoms with van der Waals surface area (Å²) >= 11 is 5.86. The van der Waals surface area contributed by atoms with Crippen LogP contribution >= 0.6 is 11.6 Å². The predicted octanol–water partition coefficient (Wildman–Crippen LogP) is 3.81. The van der Waals surface area contributed by atoms with Crippen molar-refractivity contribution < 1.29 is 9.59 Å². The fourth-order valence-electron chi connectivity index (χ4n) is 3.21. The summed E-state index contributed by atoms with van der Waals surface area (Å²) in [6, 6.07) is 16.5. The lowest BCUT2D eigenvalue weighted by atomic mass is 10.2. The average Bonchev–Trinajstić information content (AvgIpc) is 3.13. The number of benzene rings is 2. The Labute approximate surface area is 161 Å². The number of urea groups is 1. The molecule has 27 heavy (non-hydrogen) atoms. The van der Waals surface area contributed by atoms with Crippen LogP contribution < -0.4 is 5.32 Å². The first-order chi connectivity index (χ1) is 13.1. The molecular formula is C20H19ClN4O2. The molecular weight excluding hydrogens is 364 g/mol. The molecule has 3 aromatic rings. The number of hydrogen-bond donors (Lipinski definition) is 2. The standard InChI is InChI=1S/C20H19ClN4O2/c21-15-5-7-16(8-6-15)22-20(27)25-11-9-24(10-12-25)19(26)18-13-14-3-1-2-4-17(14)23-18/h1-8,13,23H,9-12H2,(H,22,27). The Morgan fingerprint density at radius 2 is 1.59 bits per heavy atom. The van der Waals surface area contributed by atoms with Crippen molar-refractivity contribution in [2.75, 3.05) is 31.5 Å². The molecule has 0 aliphatic carbocycles. The van der Waals surface area contributed by atoms with Gasteiger partial charge in [0.25, 0.3) is 5.91 Å². The van der Waals surface area contributed by atoms with Crippen molar-refractivity contribution in [3.63, 3.8) is 0 Å². The van der Waals surface area contributed by atoms with Crippen molar-refractivity contribution >= 4 is 40.1 Å². The molecule has 1 aliphatic rings. The van der Waals surface area contributed by atoms with Crippen LogP contribution in [0.3, 0.4) is 0 Å². The highest BCUT2D eigenvalue weighted by atomic mass is 35.5. The van der Waals surface area contributed by atoms with Gasteiger partial charge in [0.2, 0.25) is 0 Å². The Morgan fingerprint density at radius 3 is 2.30 bits per heavy atom. The maximum absolute atomic E-state index is 12.7. The van der Waals surface area contributed by atoms with Crippen LogP contribution in [0, 0.1) is 0 Å². The first-order valence-electron chi connectivity index (χ1n) is 8.79. The number of carbonyl (C=O) groups excluding carboxylic acids is 2. The summed E-state index contributed by atoms with van der Waals surface area (Å²) in [5, 5.41) is 4.49. The van der Waals surface area contributed by atoms with Gasteiger partial charge in [-0.3, -0.25) is 4.79 Å². The van der Waals surface area contributed by atoms with Gasteiger partial charge in [-0.2, -0.15) is 0 Å². The number of para-hydroxylation sites is 1. The van der Waals surface area contributed by atoms with Gasteiger partial charge in [-0.1, -0.05) is 29.8 Å². The Balaban J connectivity index is 1.35. The smallest absolute Gasteiger partial charge is 0.321 e. The first kappa shape index (κ1) is 17.4. The van der Waals surface area contributed by atoms with E-state index in [4.69, 9.17) is 11.6 Å². The van der Waals surface area contributed by atoms with Crippen molar-refractivity contribution in [3.05, 3.63) is 65.3 Å². The molecule has 0 unspecified atom stereocenters. The fourth-order valence-corrected chi connectivity index (χ4v) is 3.33. The molecule has 2 N–H and O–H groups in total. The third kappa shape index (κ3) is 3.75. The molecule has 2 aromatic carbocycles. The number of piperazine rings is 1. The van der Waals surface area contributed by atoms with Crippen molar-refractivity contribution in [2.45, 2.75) is 0 Å². The van der Waals surface area contributed by atoms with Crippen LogP contribution in [0.25, 0.3) is 10.9 Å². The Hall–Kier alpha value is -2.99. The zero-order chi connectivity index (χ0) is 18.8. The number of anilines is 1. The van der Waals surface area contributed by atoms with Gasteiger partial charge < -0.3 is 20.1 Å². The largest absolute Gasteiger partial charge is 0.351 e. The molecule has 2 heterocycles. The minimum Gasteiger partial charge on any atom is -0.351 e. The second-order valence-electron chi connectivity index (χ2n) is 6.49. The van der Waals surface area contributed by atoms with E-state index in [2.05, 4.69) is 10.3 Å². The van der Waals surface area contributed by atoms with Crippen molar-refractivity contribution in [1.82, 2.24) is 14.8 Å². The molecule has 138 valence electrons. The number of amides is 3. The van der Waals surface area contributed by atoms with E-state index in [9.17, 15) is 9.59 Å². The quantitative estimate of drug-likeness (QED) is 0.707. The molecule has 0 saturated carbocycles. The van der Waals surface area contributed by atoms with Crippen molar-refractivity contribution in [1.29, 1.82) is 0 Å². The van der Waals surface area contributed by atoms with E-state index in [1.54, 1.807) is 34.1 Å². The summed E-state index contributed by atoms with van der Waals surface area (Å²) in [5.74, 6) is -0.0380. The van der Waals surface area contributed by atoms with Crippen LogP contribution in [0.2, 0.25) is 5.02 Å². The molecule has 0 spiro atoms. The Morgan fingerprint density at radius 1 is 0.926 bits per heavy atom. The summed E-state index contributed by atoms with van der Waals surface area (Å²) in [5.41, 5.74) is 2.22. The first-order valence-corrected chi connectivity index (χ1v) is 9.16. The zero-order valence-corrected chi connectivity index (χ0v) is 15.4. The van der Waals surface area contributed by atoms with Crippen LogP contribution in [0.1, 0.15) is 10.5 Å². The zero-order valence-electron chi connectivity index (χ0n) is 14.6. The minimum atomic E-state index is -0.171. The van der Waals surface area contributed by atoms with Gasteiger partial charge in [-0.05, 0) is 36.4 Å². The van der Waals surface area contributed by atoms with E-state index >= 15 is 0 Å². The van der Waals surface area contributed by atoms with Crippen molar-refractivity contribution in [3.8, 4) is 0 Å². The molecule has 3 amide bonds. The normalized spacial score (nSPS) is 14.4. The number of nitrogens with one attached hydrogen (secondary N) is 2. The number of halogens is 1. The summed E-state index contributed by atoms with van der Waals surface area (Å²) in [4.78, 5) is 31.8. The molecule has 0 bridgehead atoms. The summed E-state index contributed by atoms with van der Waals surface area (Å²) in [6.45, 7) is 1.99. The van der Waals surface area contributed by atoms with Gasteiger partial charge in [-0.25, -0.2) is 4.79 Å². The molecule has 0 radical (unpaired) electrons. The maximum atomic E-state index is 12.7. The molecule has 4 rings (SSSR count). The molecule has 7 heteroatoms. The van der Waals surface area contributed by atoms with Crippen LogP contribution in [-0.2, 0) is 0 Å². The summed E-state index contributed by atoms with van der Waals surface area (Å²) in [6.07, 6.45) is 0. The van der Waals surface area contributed by atoms with E-state index in [0.29, 0.717) is 42.6 Å². The second-order valence-corrected chi connectivity index (χ2v) is 6.92. The van der Waals surface area contributed by atoms with Crippen LogP contribution in [0.15, 0.2) is 54.6 Å². The van der Waals surface area contributed by atoms with E-state index in [1.807, 2.05) is 30.3 Å². The lowest BCUT2D eigenvalue weighted by Crippen LogP contribution is -2.51. The van der Waals surface area contributed by atoms with Crippen LogP contribution in [0.4, 0.5) is 10.5 Å². The van der Waals surface area contributed by atoms with Gasteiger partial charge in [0.1, 0.15) is 5.69 Å². The van der Waals surface area contributed by atoms with E-state index in [-0.39, 0.29) is 11.9 Å².